The Morgan fingerprint density at radius 2 is 2.08 bits per heavy atom. The van der Waals surface area contributed by atoms with Gasteiger partial charge in [-0.1, -0.05) is 18.2 Å². The Labute approximate surface area is 157 Å². The van der Waals surface area contributed by atoms with E-state index in [1.807, 2.05) is 30.3 Å². The zero-order chi connectivity index (χ0) is 17.8. The molecule has 0 saturated heterocycles. The van der Waals surface area contributed by atoms with E-state index in [-0.39, 0.29) is 0 Å². The summed E-state index contributed by atoms with van der Waals surface area (Å²) in [5.74, 6) is 0.809. The van der Waals surface area contributed by atoms with Gasteiger partial charge in [-0.05, 0) is 60.2 Å². The fraction of sp³-hybridized carbons (Fsp3) is 0.333. The van der Waals surface area contributed by atoms with Crippen LogP contribution in [0.15, 0.2) is 47.2 Å². The SMILES string of the molecule is N#Cc1cc(N[C@H]2CCC[C@H](NCc3ccsc3)C2)nc2ccccc12. The van der Waals surface area contributed by atoms with Gasteiger partial charge in [-0.15, -0.1) is 0 Å². The molecule has 2 N–H and O–H groups in total. The molecule has 1 aliphatic carbocycles. The Bertz CT molecular complexity index is 913. The number of fused-ring (bicyclic) bond motifs is 1. The van der Waals surface area contributed by atoms with Crippen LogP contribution in [-0.4, -0.2) is 17.1 Å². The van der Waals surface area contributed by atoms with E-state index < -0.39 is 0 Å². The van der Waals surface area contributed by atoms with Crippen LogP contribution in [0.4, 0.5) is 5.82 Å². The van der Waals surface area contributed by atoms with Gasteiger partial charge >= 0.3 is 0 Å². The number of rotatable bonds is 5. The van der Waals surface area contributed by atoms with Gasteiger partial charge in [0.1, 0.15) is 5.82 Å². The fourth-order valence-corrected chi connectivity index (χ4v) is 4.38. The quantitative estimate of drug-likeness (QED) is 0.692. The minimum absolute atomic E-state index is 0.393. The van der Waals surface area contributed by atoms with E-state index in [4.69, 9.17) is 4.98 Å². The Morgan fingerprint density at radius 1 is 1.19 bits per heavy atom. The predicted octanol–water partition coefficient (Wildman–Crippen LogP) is 4.68. The first kappa shape index (κ1) is 17.0. The first-order valence-corrected chi connectivity index (χ1v) is 10.1. The molecule has 0 unspecified atom stereocenters. The van der Waals surface area contributed by atoms with Crippen LogP contribution in [0.1, 0.15) is 36.8 Å². The monoisotopic (exact) mass is 362 g/mol. The molecule has 1 fully saturated rings. The lowest BCUT2D eigenvalue weighted by molar-refractivity contribution is 0.350. The summed E-state index contributed by atoms with van der Waals surface area (Å²) in [6.07, 6.45) is 4.65. The van der Waals surface area contributed by atoms with Crippen molar-refractivity contribution in [2.24, 2.45) is 0 Å². The molecule has 4 rings (SSSR count). The summed E-state index contributed by atoms with van der Waals surface area (Å²) in [7, 11) is 0. The van der Waals surface area contributed by atoms with Crippen LogP contribution in [0, 0.1) is 11.3 Å². The lowest BCUT2D eigenvalue weighted by atomic mass is 9.90. The zero-order valence-corrected chi connectivity index (χ0v) is 15.4. The standard InChI is InChI=1S/C21H22N4S/c22-12-16-10-21(25-20-7-2-1-6-19(16)20)24-18-5-3-4-17(11-18)23-13-15-8-9-26-14-15/h1-2,6-10,14,17-18,23H,3-5,11,13H2,(H,24,25)/t17-,18-/m0/s1. The summed E-state index contributed by atoms with van der Waals surface area (Å²) in [6, 6.07) is 15.1. The molecule has 3 aromatic rings. The van der Waals surface area contributed by atoms with Crippen LogP contribution in [0.2, 0.25) is 0 Å². The van der Waals surface area contributed by atoms with Gasteiger partial charge in [0.05, 0.1) is 17.1 Å². The van der Waals surface area contributed by atoms with E-state index in [0.29, 0.717) is 17.6 Å². The topological polar surface area (TPSA) is 60.7 Å². The first-order chi connectivity index (χ1) is 12.8. The number of anilines is 1. The maximum Gasteiger partial charge on any atom is 0.128 e. The minimum Gasteiger partial charge on any atom is -0.367 e. The van der Waals surface area contributed by atoms with Crippen molar-refractivity contribution in [2.75, 3.05) is 5.32 Å². The normalized spacial score (nSPS) is 20.0. The molecule has 0 aliphatic heterocycles. The third-order valence-electron chi connectivity index (χ3n) is 5.04. The van der Waals surface area contributed by atoms with Crippen LogP contribution in [0.3, 0.4) is 0 Å². The van der Waals surface area contributed by atoms with Crippen molar-refractivity contribution in [2.45, 2.75) is 44.3 Å². The molecule has 1 aromatic carbocycles. The van der Waals surface area contributed by atoms with Gasteiger partial charge in [-0.25, -0.2) is 4.98 Å². The van der Waals surface area contributed by atoms with Gasteiger partial charge in [0.25, 0.3) is 0 Å². The molecule has 2 atom stereocenters. The van der Waals surface area contributed by atoms with Crippen molar-refractivity contribution in [1.82, 2.24) is 10.3 Å². The van der Waals surface area contributed by atoms with Crippen LogP contribution >= 0.6 is 11.3 Å². The van der Waals surface area contributed by atoms with Gasteiger partial charge < -0.3 is 10.6 Å². The van der Waals surface area contributed by atoms with E-state index in [9.17, 15) is 5.26 Å². The largest absolute Gasteiger partial charge is 0.367 e. The van der Waals surface area contributed by atoms with Crippen LogP contribution in [-0.2, 0) is 6.54 Å². The number of thiophene rings is 1. The Balaban J connectivity index is 1.43. The summed E-state index contributed by atoms with van der Waals surface area (Å²) in [5, 5.41) is 22.0. The van der Waals surface area contributed by atoms with Crippen molar-refractivity contribution in [3.63, 3.8) is 0 Å². The number of nitriles is 1. The van der Waals surface area contributed by atoms with Gasteiger partial charge in [-0.2, -0.15) is 16.6 Å². The molecule has 0 spiro atoms. The lowest BCUT2D eigenvalue weighted by Gasteiger charge is -2.31. The second-order valence-corrected chi connectivity index (χ2v) is 7.68. The lowest BCUT2D eigenvalue weighted by Crippen LogP contribution is -2.38. The molecule has 1 aliphatic rings. The molecule has 4 nitrogen and oxygen atoms in total. The highest BCUT2D eigenvalue weighted by Crippen LogP contribution is 2.25. The predicted molar refractivity (Wildman–Crippen MR) is 107 cm³/mol. The number of benzene rings is 1. The maximum absolute atomic E-state index is 9.45. The molecule has 1 saturated carbocycles. The van der Waals surface area contributed by atoms with Crippen LogP contribution < -0.4 is 10.6 Å². The van der Waals surface area contributed by atoms with Gasteiger partial charge in [0.15, 0.2) is 0 Å². The van der Waals surface area contributed by atoms with E-state index in [2.05, 4.69) is 33.5 Å². The summed E-state index contributed by atoms with van der Waals surface area (Å²) in [6.45, 7) is 0.938. The fourth-order valence-electron chi connectivity index (χ4n) is 3.71. The second kappa shape index (κ2) is 7.86. The third-order valence-corrected chi connectivity index (χ3v) is 5.77. The number of aromatic nitrogens is 1. The Morgan fingerprint density at radius 3 is 2.92 bits per heavy atom. The van der Waals surface area contributed by atoms with Crippen molar-refractivity contribution >= 4 is 28.1 Å². The highest BCUT2D eigenvalue weighted by Gasteiger charge is 2.22. The first-order valence-electron chi connectivity index (χ1n) is 9.13. The molecular weight excluding hydrogens is 340 g/mol. The number of nitrogens with one attached hydrogen (secondary N) is 2. The average molecular weight is 363 g/mol. The molecule has 2 aromatic heterocycles. The van der Waals surface area contributed by atoms with Gasteiger partial charge in [-0.3, -0.25) is 0 Å². The van der Waals surface area contributed by atoms with Crippen LogP contribution in [0.25, 0.3) is 10.9 Å². The zero-order valence-electron chi connectivity index (χ0n) is 14.6. The molecule has 0 radical (unpaired) electrons. The number of pyridine rings is 1. The maximum atomic E-state index is 9.45. The third kappa shape index (κ3) is 3.87. The van der Waals surface area contributed by atoms with E-state index in [1.165, 1.54) is 18.4 Å². The van der Waals surface area contributed by atoms with Crippen molar-refractivity contribution in [3.8, 4) is 6.07 Å². The van der Waals surface area contributed by atoms with Gasteiger partial charge in [0.2, 0.25) is 0 Å². The average Bonchev–Trinajstić information content (AvgIpc) is 3.20. The summed E-state index contributed by atoms with van der Waals surface area (Å²) >= 11 is 1.75. The minimum atomic E-state index is 0.393. The van der Waals surface area contributed by atoms with Crippen molar-refractivity contribution in [3.05, 3.63) is 58.3 Å². The summed E-state index contributed by atoms with van der Waals surface area (Å²) in [5.41, 5.74) is 2.91. The van der Waals surface area contributed by atoms with Crippen molar-refractivity contribution < 1.29 is 0 Å². The molecule has 2 heterocycles. The summed E-state index contributed by atoms with van der Waals surface area (Å²) in [4.78, 5) is 4.71. The van der Waals surface area contributed by atoms with Gasteiger partial charge in [0, 0.05) is 24.0 Å². The number of nitrogens with zero attached hydrogens (tertiary/aromatic N) is 2. The molecule has 132 valence electrons. The molecule has 5 heteroatoms. The smallest absolute Gasteiger partial charge is 0.128 e. The van der Waals surface area contributed by atoms with E-state index in [1.54, 1.807) is 11.3 Å². The second-order valence-electron chi connectivity index (χ2n) is 6.90. The molecule has 26 heavy (non-hydrogen) atoms. The van der Waals surface area contributed by atoms with E-state index in [0.717, 1.165) is 36.1 Å². The van der Waals surface area contributed by atoms with E-state index >= 15 is 0 Å². The number of hydrogen-bond acceptors (Lipinski definition) is 5. The highest BCUT2D eigenvalue weighted by molar-refractivity contribution is 7.07. The van der Waals surface area contributed by atoms with Crippen LogP contribution in [0.5, 0.6) is 0 Å². The Hall–Kier alpha value is -2.42. The Kier molecular flexibility index (Phi) is 5.14. The molecule has 0 bridgehead atoms. The molecular formula is C21H22N4S. The van der Waals surface area contributed by atoms with Crippen molar-refractivity contribution in [1.29, 1.82) is 5.26 Å². The highest BCUT2D eigenvalue weighted by atomic mass is 32.1. The number of hydrogen-bond donors (Lipinski definition) is 2. The summed E-state index contributed by atoms with van der Waals surface area (Å²) < 4.78 is 0. The molecule has 0 amide bonds. The number of para-hydroxylation sites is 1.